The maximum absolute atomic E-state index is 13.2. The zero-order valence-electron chi connectivity index (χ0n) is 17.8. The second-order valence-corrected chi connectivity index (χ2v) is 12.0. The Morgan fingerprint density at radius 1 is 1.10 bits per heavy atom. The zero-order chi connectivity index (χ0) is 21.2. The van der Waals surface area contributed by atoms with Gasteiger partial charge in [-0.05, 0) is 43.4 Å². The van der Waals surface area contributed by atoms with Crippen molar-refractivity contribution in [2.75, 3.05) is 12.8 Å². The monoisotopic (exact) mass is 427 g/mol. The van der Waals surface area contributed by atoms with E-state index >= 15 is 0 Å². The van der Waals surface area contributed by atoms with E-state index in [0.29, 0.717) is 18.3 Å². The van der Waals surface area contributed by atoms with E-state index in [0.717, 1.165) is 25.7 Å². The normalized spacial score (nSPS) is 39.9. The highest BCUT2D eigenvalue weighted by Crippen LogP contribution is 2.41. The molecule has 0 spiro atoms. The quantitative estimate of drug-likeness (QED) is 0.579. The molecule has 4 unspecified atom stereocenters. The minimum Gasteiger partial charge on any atom is -0.388 e. The molecule has 0 radical (unpaired) electrons. The van der Waals surface area contributed by atoms with Crippen molar-refractivity contribution in [3.63, 3.8) is 0 Å². The Morgan fingerprint density at radius 2 is 1.79 bits per heavy atom. The van der Waals surface area contributed by atoms with Crippen molar-refractivity contribution in [1.82, 2.24) is 0 Å². The van der Waals surface area contributed by atoms with Crippen LogP contribution in [-0.2, 0) is 14.5 Å². The Labute approximate surface area is 175 Å². The predicted octanol–water partition coefficient (Wildman–Crippen LogP) is 2.28. The lowest BCUT2D eigenvalue weighted by atomic mass is 9.85. The summed E-state index contributed by atoms with van der Waals surface area (Å²) in [6.45, 7) is 4.45. The SMILES string of the molecule is CN=S(=O)(CC[C@H]1OC(C2CCC(CC(C)C)C2)[C@@H](O)[C@@H](O)[C@@H]1O)C1C=CC=C1. The van der Waals surface area contributed by atoms with Gasteiger partial charge in [-0.1, -0.05) is 44.6 Å². The predicted molar refractivity (Wildman–Crippen MR) is 115 cm³/mol. The molecule has 3 rings (SSSR count). The van der Waals surface area contributed by atoms with Crippen molar-refractivity contribution in [1.29, 1.82) is 0 Å². The summed E-state index contributed by atoms with van der Waals surface area (Å²) < 4.78 is 23.5. The van der Waals surface area contributed by atoms with Crippen LogP contribution in [0.3, 0.4) is 0 Å². The molecule has 6 nitrogen and oxygen atoms in total. The van der Waals surface area contributed by atoms with E-state index in [1.165, 1.54) is 0 Å². The molecule has 3 N–H and O–H groups in total. The molecule has 7 heteroatoms. The van der Waals surface area contributed by atoms with E-state index in [1.807, 2.05) is 24.3 Å². The fourth-order valence-corrected chi connectivity index (χ4v) is 7.13. The molecule has 166 valence electrons. The number of hydrogen-bond donors (Lipinski definition) is 3. The molecule has 2 fully saturated rings. The lowest BCUT2D eigenvalue weighted by Crippen LogP contribution is -2.59. The smallest absolute Gasteiger partial charge is 0.111 e. The molecule has 29 heavy (non-hydrogen) atoms. The number of nitrogens with zero attached hydrogens (tertiary/aromatic N) is 1. The molecule has 3 aliphatic rings. The van der Waals surface area contributed by atoms with Crippen molar-refractivity contribution in [2.24, 2.45) is 22.1 Å². The molecule has 0 aromatic heterocycles. The summed E-state index contributed by atoms with van der Waals surface area (Å²) in [5.41, 5.74) is 0. The largest absolute Gasteiger partial charge is 0.388 e. The first kappa shape index (κ1) is 22.9. The van der Waals surface area contributed by atoms with E-state index in [9.17, 15) is 19.5 Å². The Balaban J connectivity index is 1.65. The van der Waals surface area contributed by atoms with Gasteiger partial charge in [-0.3, -0.25) is 0 Å². The second kappa shape index (κ2) is 9.60. The van der Waals surface area contributed by atoms with Gasteiger partial charge in [0.05, 0.1) is 27.2 Å². The number of aliphatic hydroxyl groups excluding tert-OH is 3. The molecule has 2 aliphatic carbocycles. The maximum Gasteiger partial charge on any atom is 0.111 e. The minimum atomic E-state index is -2.50. The molecular formula is C22H37NO5S. The maximum atomic E-state index is 13.2. The van der Waals surface area contributed by atoms with Gasteiger partial charge in [0.2, 0.25) is 0 Å². The van der Waals surface area contributed by atoms with Crippen molar-refractivity contribution < 1.29 is 24.3 Å². The summed E-state index contributed by atoms with van der Waals surface area (Å²) in [4.78, 5) is 0. The fourth-order valence-electron chi connectivity index (χ4n) is 5.19. The van der Waals surface area contributed by atoms with Crippen LogP contribution in [0.25, 0.3) is 0 Å². The van der Waals surface area contributed by atoms with Crippen LogP contribution in [0.15, 0.2) is 28.7 Å². The Hall–Kier alpha value is -0.730. The van der Waals surface area contributed by atoms with Crippen molar-refractivity contribution in [3.05, 3.63) is 24.3 Å². The topological polar surface area (TPSA) is 99.4 Å². The molecule has 0 aromatic carbocycles. The molecule has 1 saturated carbocycles. The highest BCUT2D eigenvalue weighted by molar-refractivity contribution is 7.94. The lowest BCUT2D eigenvalue weighted by Gasteiger charge is -2.43. The highest BCUT2D eigenvalue weighted by atomic mass is 32.2. The van der Waals surface area contributed by atoms with Crippen molar-refractivity contribution in [3.8, 4) is 0 Å². The van der Waals surface area contributed by atoms with Crippen LogP contribution in [0.1, 0.15) is 46.0 Å². The number of ether oxygens (including phenoxy) is 1. The van der Waals surface area contributed by atoms with Crippen molar-refractivity contribution in [2.45, 2.75) is 81.7 Å². The third kappa shape index (κ3) is 5.13. The van der Waals surface area contributed by atoms with Gasteiger partial charge in [0.1, 0.15) is 18.3 Å². The van der Waals surface area contributed by atoms with E-state index in [2.05, 4.69) is 18.2 Å². The Bertz CT molecular complexity index is 715. The Kier molecular flexibility index (Phi) is 7.60. The standard InChI is InChI=1S/C22H37NO5S/c1-14(2)12-15-8-9-16(13-15)22-21(26)20(25)19(24)18(28-22)10-11-29(27,23-3)17-6-4-5-7-17/h4-7,14-22,24-26H,8-13H2,1-3H3/t15?,16?,18-,19-,20+,21+,22?,29?/m1/s1. The van der Waals surface area contributed by atoms with Gasteiger partial charge in [-0.25, -0.2) is 8.57 Å². The second-order valence-electron chi connectivity index (χ2n) is 9.28. The molecule has 1 aliphatic heterocycles. The number of rotatable bonds is 7. The average Bonchev–Trinajstić information content (AvgIpc) is 3.37. The van der Waals surface area contributed by atoms with Crippen LogP contribution >= 0.6 is 0 Å². The highest BCUT2D eigenvalue weighted by Gasteiger charge is 2.47. The summed E-state index contributed by atoms with van der Waals surface area (Å²) in [5, 5.41) is 31.3. The van der Waals surface area contributed by atoms with Crippen molar-refractivity contribution >= 4 is 9.73 Å². The van der Waals surface area contributed by atoms with Gasteiger partial charge in [-0.15, -0.1) is 0 Å². The van der Waals surface area contributed by atoms with E-state index < -0.39 is 40.2 Å². The molecule has 0 bridgehead atoms. The van der Waals surface area contributed by atoms with Gasteiger partial charge in [-0.2, -0.15) is 0 Å². The fraction of sp³-hybridized carbons (Fsp3) is 0.818. The van der Waals surface area contributed by atoms with Gasteiger partial charge in [0, 0.05) is 12.8 Å². The molecular weight excluding hydrogens is 390 g/mol. The molecule has 1 heterocycles. The number of hydrogen-bond acceptors (Lipinski definition) is 6. The lowest BCUT2D eigenvalue weighted by molar-refractivity contribution is -0.234. The molecule has 8 atom stereocenters. The van der Waals surface area contributed by atoms with Crippen LogP contribution in [0, 0.1) is 17.8 Å². The first-order valence-electron chi connectivity index (χ1n) is 10.9. The van der Waals surface area contributed by atoms with Crippen LogP contribution < -0.4 is 0 Å². The van der Waals surface area contributed by atoms with Gasteiger partial charge < -0.3 is 20.1 Å². The van der Waals surface area contributed by atoms with Crippen LogP contribution in [-0.4, -0.2) is 68.1 Å². The van der Waals surface area contributed by atoms with Gasteiger partial charge in [0.15, 0.2) is 0 Å². The average molecular weight is 428 g/mol. The van der Waals surface area contributed by atoms with E-state index in [-0.39, 0.29) is 16.9 Å². The third-order valence-electron chi connectivity index (χ3n) is 6.74. The van der Waals surface area contributed by atoms with Crippen LogP contribution in [0.5, 0.6) is 0 Å². The summed E-state index contributed by atoms with van der Waals surface area (Å²) in [6.07, 6.45) is 7.37. The number of allylic oxidation sites excluding steroid dienone is 2. The van der Waals surface area contributed by atoms with Gasteiger partial charge in [0.25, 0.3) is 0 Å². The summed E-state index contributed by atoms with van der Waals surface area (Å²) >= 11 is 0. The van der Waals surface area contributed by atoms with Crippen LogP contribution in [0.4, 0.5) is 0 Å². The number of aliphatic hydroxyl groups is 3. The zero-order valence-corrected chi connectivity index (χ0v) is 18.6. The molecule has 0 amide bonds. The molecule has 0 aromatic rings. The summed E-state index contributed by atoms with van der Waals surface area (Å²) in [6, 6.07) is 0. The van der Waals surface area contributed by atoms with E-state index in [1.54, 1.807) is 7.05 Å². The summed E-state index contributed by atoms with van der Waals surface area (Å²) in [7, 11) is -0.937. The molecule has 1 saturated heterocycles. The minimum absolute atomic E-state index is 0.180. The third-order valence-corrected chi connectivity index (χ3v) is 9.35. The Morgan fingerprint density at radius 3 is 2.41 bits per heavy atom. The summed E-state index contributed by atoms with van der Waals surface area (Å²) in [5.74, 6) is 1.72. The first-order valence-corrected chi connectivity index (χ1v) is 12.7. The van der Waals surface area contributed by atoms with Gasteiger partial charge >= 0.3 is 0 Å². The van der Waals surface area contributed by atoms with E-state index in [4.69, 9.17) is 4.74 Å². The van der Waals surface area contributed by atoms with Crippen LogP contribution in [0.2, 0.25) is 0 Å². The first-order chi connectivity index (χ1) is 13.7.